The molecule has 0 amide bonds. The van der Waals surface area contributed by atoms with Crippen LogP contribution in [0.5, 0.6) is 5.75 Å². The number of anilines is 1. The van der Waals surface area contributed by atoms with Gasteiger partial charge < -0.3 is 10.5 Å². The number of hydrogen-bond acceptors (Lipinski definition) is 3. The van der Waals surface area contributed by atoms with Crippen molar-refractivity contribution in [2.45, 2.75) is 36.8 Å². The summed E-state index contributed by atoms with van der Waals surface area (Å²) in [7, 11) is 1.69. The molecule has 84 valence electrons. The Kier molecular flexibility index (Phi) is 4.82. The summed E-state index contributed by atoms with van der Waals surface area (Å²) in [5.41, 5.74) is 6.46. The molecule has 1 rings (SSSR count). The fourth-order valence-electron chi connectivity index (χ4n) is 1.42. The Labute approximate surface area is 96.2 Å². The Balaban J connectivity index is 2.83. The summed E-state index contributed by atoms with van der Waals surface area (Å²) in [6, 6.07) is 5.84. The number of ether oxygens (including phenoxy) is 1. The Morgan fingerprint density at radius 1 is 1.33 bits per heavy atom. The number of nitrogen functional groups attached to an aromatic ring is 1. The SMILES string of the molecule is CCC(CC)Sc1ccc(N)cc1OC. The molecule has 0 saturated heterocycles. The Hall–Kier alpha value is -0.830. The third-order valence-corrected chi connectivity index (χ3v) is 3.98. The fourth-order valence-corrected chi connectivity index (χ4v) is 2.51. The van der Waals surface area contributed by atoms with Gasteiger partial charge in [0.05, 0.1) is 7.11 Å². The van der Waals surface area contributed by atoms with Crippen molar-refractivity contribution >= 4 is 17.4 Å². The summed E-state index contributed by atoms with van der Waals surface area (Å²) in [6.07, 6.45) is 2.35. The fraction of sp³-hybridized carbons (Fsp3) is 0.500. The minimum atomic E-state index is 0.655. The van der Waals surface area contributed by atoms with Gasteiger partial charge >= 0.3 is 0 Å². The van der Waals surface area contributed by atoms with E-state index in [-0.39, 0.29) is 0 Å². The Morgan fingerprint density at radius 3 is 2.53 bits per heavy atom. The highest BCUT2D eigenvalue weighted by Gasteiger charge is 2.10. The van der Waals surface area contributed by atoms with Crippen LogP contribution in [-0.4, -0.2) is 12.4 Å². The first-order chi connectivity index (χ1) is 7.21. The van der Waals surface area contributed by atoms with E-state index < -0.39 is 0 Å². The van der Waals surface area contributed by atoms with Gasteiger partial charge in [-0.3, -0.25) is 0 Å². The van der Waals surface area contributed by atoms with Gasteiger partial charge in [0.15, 0.2) is 0 Å². The normalized spacial score (nSPS) is 10.7. The highest BCUT2D eigenvalue weighted by Crippen LogP contribution is 2.35. The lowest BCUT2D eigenvalue weighted by atomic mass is 10.3. The zero-order valence-electron chi connectivity index (χ0n) is 9.62. The standard InChI is InChI=1S/C12H19NOS/c1-4-10(5-2)15-12-7-6-9(13)8-11(12)14-3/h6-8,10H,4-5,13H2,1-3H3. The summed E-state index contributed by atoms with van der Waals surface area (Å²) in [6.45, 7) is 4.43. The molecule has 0 unspecified atom stereocenters. The van der Waals surface area contributed by atoms with E-state index in [4.69, 9.17) is 10.5 Å². The van der Waals surface area contributed by atoms with Gasteiger partial charge in [-0.25, -0.2) is 0 Å². The van der Waals surface area contributed by atoms with Crippen molar-refractivity contribution < 1.29 is 4.74 Å². The van der Waals surface area contributed by atoms with Crippen LogP contribution in [0.15, 0.2) is 23.1 Å². The van der Waals surface area contributed by atoms with Crippen LogP contribution >= 0.6 is 11.8 Å². The quantitative estimate of drug-likeness (QED) is 0.614. The summed E-state index contributed by atoms with van der Waals surface area (Å²) in [5.74, 6) is 0.881. The molecule has 0 aromatic heterocycles. The first kappa shape index (κ1) is 12.2. The number of rotatable bonds is 5. The van der Waals surface area contributed by atoms with Gasteiger partial charge in [0.2, 0.25) is 0 Å². The molecule has 0 saturated carbocycles. The average molecular weight is 225 g/mol. The molecule has 0 bridgehead atoms. The van der Waals surface area contributed by atoms with E-state index in [0.717, 1.165) is 11.4 Å². The third kappa shape index (κ3) is 3.34. The molecule has 0 fully saturated rings. The van der Waals surface area contributed by atoms with Crippen LogP contribution in [0.25, 0.3) is 0 Å². The average Bonchev–Trinajstić information content (AvgIpc) is 2.27. The van der Waals surface area contributed by atoms with E-state index >= 15 is 0 Å². The van der Waals surface area contributed by atoms with Crippen LogP contribution in [0.3, 0.4) is 0 Å². The van der Waals surface area contributed by atoms with E-state index in [1.807, 2.05) is 30.0 Å². The maximum absolute atomic E-state index is 5.71. The Bertz CT molecular complexity index is 310. The van der Waals surface area contributed by atoms with Crippen LogP contribution < -0.4 is 10.5 Å². The number of thioether (sulfide) groups is 1. The number of nitrogens with two attached hydrogens (primary N) is 1. The first-order valence-electron chi connectivity index (χ1n) is 5.31. The van der Waals surface area contributed by atoms with Crippen LogP contribution in [0, 0.1) is 0 Å². The lowest BCUT2D eigenvalue weighted by Gasteiger charge is -2.14. The van der Waals surface area contributed by atoms with Gasteiger partial charge in [-0.1, -0.05) is 13.8 Å². The second kappa shape index (κ2) is 5.91. The molecule has 0 aliphatic rings. The summed E-state index contributed by atoms with van der Waals surface area (Å²) in [5, 5.41) is 0.655. The van der Waals surface area contributed by atoms with E-state index in [9.17, 15) is 0 Å². The molecule has 0 heterocycles. The van der Waals surface area contributed by atoms with Crippen molar-refractivity contribution in [1.82, 2.24) is 0 Å². The van der Waals surface area contributed by atoms with Crippen LogP contribution in [0.2, 0.25) is 0 Å². The van der Waals surface area contributed by atoms with Crippen LogP contribution in [-0.2, 0) is 0 Å². The van der Waals surface area contributed by atoms with Crippen molar-refractivity contribution in [1.29, 1.82) is 0 Å². The van der Waals surface area contributed by atoms with Gasteiger partial charge in [0, 0.05) is 21.9 Å². The summed E-state index contributed by atoms with van der Waals surface area (Å²) in [4.78, 5) is 1.18. The van der Waals surface area contributed by atoms with Gasteiger partial charge in [-0.05, 0) is 25.0 Å². The molecule has 0 atom stereocenters. The van der Waals surface area contributed by atoms with E-state index in [0.29, 0.717) is 5.25 Å². The number of benzene rings is 1. The topological polar surface area (TPSA) is 35.2 Å². The molecular formula is C12H19NOS. The zero-order valence-corrected chi connectivity index (χ0v) is 10.4. The second-order valence-corrected chi connectivity index (χ2v) is 4.81. The van der Waals surface area contributed by atoms with Crippen molar-refractivity contribution in [2.24, 2.45) is 0 Å². The molecule has 15 heavy (non-hydrogen) atoms. The van der Waals surface area contributed by atoms with E-state index in [1.54, 1.807) is 7.11 Å². The van der Waals surface area contributed by atoms with Gasteiger partial charge in [-0.15, -0.1) is 11.8 Å². The lowest BCUT2D eigenvalue weighted by Crippen LogP contribution is -1.99. The molecular weight excluding hydrogens is 206 g/mol. The highest BCUT2D eigenvalue weighted by molar-refractivity contribution is 8.00. The maximum atomic E-state index is 5.71. The molecule has 0 aliphatic heterocycles. The smallest absolute Gasteiger partial charge is 0.134 e. The molecule has 2 nitrogen and oxygen atoms in total. The first-order valence-corrected chi connectivity index (χ1v) is 6.19. The van der Waals surface area contributed by atoms with Gasteiger partial charge in [0.25, 0.3) is 0 Å². The third-order valence-electron chi connectivity index (χ3n) is 2.39. The molecule has 0 aliphatic carbocycles. The molecule has 0 radical (unpaired) electrons. The highest BCUT2D eigenvalue weighted by atomic mass is 32.2. The zero-order chi connectivity index (χ0) is 11.3. The maximum Gasteiger partial charge on any atom is 0.134 e. The lowest BCUT2D eigenvalue weighted by molar-refractivity contribution is 0.405. The van der Waals surface area contributed by atoms with Gasteiger partial charge in [-0.2, -0.15) is 0 Å². The second-order valence-electron chi connectivity index (χ2n) is 3.47. The summed E-state index contributed by atoms with van der Waals surface area (Å²) >= 11 is 1.87. The molecule has 1 aromatic rings. The van der Waals surface area contributed by atoms with Crippen molar-refractivity contribution in [2.75, 3.05) is 12.8 Å². The van der Waals surface area contributed by atoms with E-state index in [1.165, 1.54) is 17.7 Å². The predicted octanol–water partition coefficient (Wildman–Crippen LogP) is 3.56. The molecule has 1 aromatic carbocycles. The number of methoxy groups -OCH3 is 1. The minimum absolute atomic E-state index is 0.655. The molecule has 0 spiro atoms. The van der Waals surface area contributed by atoms with Gasteiger partial charge in [0.1, 0.15) is 5.75 Å². The van der Waals surface area contributed by atoms with Crippen molar-refractivity contribution in [3.05, 3.63) is 18.2 Å². The Morgan fingerprint density at radius 2 is 2.00 bits per heavy atom. The largest absolute Gasteiger partial charge is 0.496 e. The molecule has 3 heteroatoms. The van der Waals surface area contributed by atoms with E-state index in [2.05, 4.69) is 13.8 Å². The molecule has 2 N–H and O–H groups in total. The monoisotopic (exact) mass is 225 g/mol. The van der Waals surface area contributed by atoms with Crippen molar-refractivity contribution in [3.63, 3.8) is 0 Å². The summed E-state index contributed by atoms with van der Waals surface area (Å²) < 4.78 is 5.32. The van der Waals surface area contributed by atoms with Crippen LogP contribution in [0.4, 0.5) is 5.69 Å². The predicted molar refractivity (Wildman–Crippen MR) is 67.6 cm³/mol. The number of hydrogen-bond donors (Lipinski definition) is 1. The minimum Gasteiger partial charge on any atom is -0.496 e. The van der Waals surface area contributed by atoms with Crippen LogP contribution in [0.1, 0.15) is 26.7 Å². The van der Waals surface area contributed by atoms with Crippen molar-refractivity contribution in [3.8, 4) is 5.75 Å².